The van der Waals surface area contributed by atoms with Crippen molar-refractivity contribution in [3.8, 4) is 0 Å². The lowest BCUT2D eigenvalue weighted by Crippen LogP contribution is -2.35. The van der Waals surface area contributed by atoms with Gasteiger partial charge < -0.3 is 0 Å². The molecule has 1 aromatic rings. The maximum Gasteiger partial charge on any atom is 0.243 e. The predicted octanol–water partition coefficient (Wildman–Crippen LogP) is 3.26. The molecule has 0 aliphatic carbocycles. The molecule has 24 heavy (non-hydrogen) atoms. The zero-order valence-electron chi connectivity index (χ0n) is 14.7. The van der Waals surface area contributed by atoms with E-state index in [0.29, 0.717) is 6.54 Å². The van der Waals surface area contributed by atoms with Crippen LogP contribution in [0.5, 0.6) is 0 Å². The van der Waals surface area contributed by atoms with Crippen LogP contribution in [0.1, 0.15) is 51.0 Å². The van der Waals surface area contributed by atoms with Crippen molar-refractivity contribution < 1.29 is 18.5 Å². The molecule has 0 saturated heterocycles. The molecule has 0 atom stereocenters. The zero-order chi connectivity index (χ0) is 17.8. The van der Waals surface area contributed by atoms with E-state index in [1.54, 1.807) is 29.9 Å². The van der Waals surface area contributed by atoms with Gasteiger partial charge in [-0.1, -0.05) is 62.4 Å². The van der Waals surface area contributed by atoms with Crippen molar-refractivity contribution in [1.29, 1.82) is 0 Å². The molecule has 0 amide bonds. The summed E-state index contributed by atoms with van der Waals surface area (Å²) in [6.07, 6.45) is 6.57. The summed E-state index contributed by atoms with van der Waals surface area (Å²) >= 11 is 0. The van der Waals surface area contributed by atoms with Crippen molar-refractivity contribution in [2.45, 2.75) is 57.3 Å². The van der Waals surface area contributed by atoms with Crippen molar-refractivity contribution in [2.24, 2.45) is 0 Å². The average molecular weight is 359 g/mol. The standard InChI is InChI=1S/C17H30N2O4S/c1-3-4-5-6-7-8-13-19(14-15-23-18-20)24(21,22)17-11-9-16(2)10-12-17/h9-12,18,20H,3-8,13-15H2,1-2H3. The Balaban J connectivity index is 2.67. The summed E-state index contributed by atoms with van der Waals surface area (Å²) in [4.78, 5) is 4.96. The number of nitrogens with one attached hydrogen (secondary N) is 1. The fourth-order valence-corrected chi connectivity index (χ4v) is 3.94. The smallest absolute Gasteiger partial charge is 0.243 e. The number of benzene rings is 1. The molecule has 0 aliphatic rings. The maximum atomic E-state index is 12.8. The lowest BCUT2D eigenvalue weighted by Gasteiger charge is -2.22. The molecule has 1 rings (SSSR count). The molecule has 0 bridgehead atoms. The van der Waals surface area contributed by atoms with E-state index in [2.05, 4.69) is 11.8 Å². The van der Waals surface area contributed by atoms with Crippen LogP contribution in [0.4, 0.5) is 0 Å². The van der Waals surface area contributed by atoms with Crippen molar-refractivity contribution in [1.82, 2.24) is 9.95 Å². The Labute approximate surface area is 145 Å². The third-order valence-electron chi connectivity index (χ3n) is 3.93. The Hall–Kier alpha value is -0.990. The molecule has 0 spiro atoms. The number of hydrogen-bond acceptors (Lipinski definition) is 5. The van der Waals surface area contributed by atoms with E-state index in [1.165, 1.54) is 23.6 Å². The minimum absolute atomic E-state index is 0.0808. The fourth-order valence-electron chi connectivity index (χ4n) is 2.47. The van der Waals surface area contributed by atoms with Crippen LogP contribution in [0.25, 0.3) is 0 Å². The largest absolute Gasteiger partial charge is 0.292 e. The van der Waals surface area contributed by atoms with Gasteiger partial charge in [0.05, 0.1) is 11.5 Å². The molecular formula is C17H30N2O4S. The Morgan fingerprint density at radius 1 is 1.04 bits per heavy atom. The molecule has 7 heteroatoms. The monoisotopic (exact) mass is 358 g/mol. The molecule has 2 N–H and O–H groups in total. The summed E-state index contributed by atoms with van der Waals surface area (Å²) in [6.45, 7) is 4.82. The number of sulfonamides is 1. The minimum Gasteiger partial charge on any atom is -0.292 e. The second-order valence-electron chi connectivity index (χ2n) is 5.92. The van der Waals surface area contributed by atoms with E-state index in [4.69, 9.17) is 5.21 Å². The molecule has 138 valence electrons. The summed E-state index contributed by atoms with van der Waals surface area (Å²) in [6, 6.07) is 6.84. The highest BCUT2D eigenvalue weighted by atomic mass is 32.2. The molecule has 0 aliphatic heterocycles. The van der Waals surface area contributed by atoms with Gasteiger partial charge in [0, 0.05) is 13.1 Å². The Bertz CT molecular complexity index is 546. The molecule has 0 aromatic heterocycles. The first-order chi connectivity index (χ1) is 11.5. The molecular weight excluding hydrogens is 328 g/mol. The summed E-state index contributed by atoms with van der Waals surface area (Å²) in [5.41, 5.74) is 2.61. The Kier molecular flexibility index (Phi) is 10.1. The van der Waals surface area contributed by atoms with E-state index in [9.17, 15) is 8.42 Å². The normalized spacial score (nSPS) is 12.0. The summed E-state index contributed by atoms with van der Waals surface area (Å²) in [5.74, 6) is 0. The first kappa shape index (κ1) is 21.1. The number of unbranched alkanes of at least 4 members (excludes halogenated alkanes) is 5. The first-order valence-electron chi connectivity index (χ1n) is 8.60. The van der Waals surface area contributed by atoms with Crippen LogP contribution in [-0.4, -0.2) is 37.6 Å². The Morgan fingerprint density at radius 3 is 2.29 bits per heavy atom. The highest BCUT2D eigenvalue weighted by Gasteiger charge is 2.23. The lowest BCUT2D eigenvalue weighted by atomic mass is 10.1. The van der Waals surface area contributed by atoms with Crippen LogP contribution in [0.15, 0.2) is 29.2 Å². The highest BCUT2D eigenvalue weighted by molar-refractivity contribution is 7.89. The average Bonchev–Trinajstić information content (AvgIpc) is 2.56. The van der Waals surface area contributed by atoms with Crippen LogP contribution >= 0.6 is 0 Å². The lowest BCUT2D eigenvalue weighted by molar-refractivity contribution is -0.127. The van der Waals surface area contributed by atoms with Crippen LogP contribution < -0.4 is 5.64 Å². The van der Waals surface area contributed by atoms with Gasteiger partial charge in [0.1, 0.15) is 0 Å². The van der Waals surface area contributed by atoms with Gasteiger partial charge in [0.2, 0.25) is 10.0 Å². The summed E-state index contributed by atoms with van der Waals surface area (Å²) in [5, 5.41) is 8.49. The topological polar surface area (TPSA) is 78.9 Å². The van der Waals surface area contributed by atoms with Crippen molar-refractivity contribution >= 4 is 10.0 Å². The van der Waals surface area contributed by atoms with E-state index in [0.717, 1.165) is 24.8 Å². The second-order valence-corrected chi connectivity index (χ2v) is 7.86. The van der Waals surface area contributed by atoms with E-state index >= 15 is 0 Å². The second kappa shape index (κ2) is 11.5. The molecule has 0 saturated carbocycles. The van der Waals surface area contributed by atoms with E-state index in [-0.39, 0.29) is 18.0 Å². The van der Waals surface area contributed by atoms with Gasteiger partial charge in [-0.15, -0.1) is 0 Å². The van der Waals surface area contributed by atoms with E-state index < -0.39 is 10.0 Å². The molecule has 0 fully saturated rings. The summed E-state index contributed by atoms with van der Waals surface area (Å²) < 4.78 is 27.0. The van der Waals surface area contributed by atoms with Gasteiger partial charge in [-0.25, -0.2) is 8.42 Å². The van der Waals surface area contributed by atoms with Gasteiger partial charge in [-0.05, 0) is 25.5 Å². The van der Waals surface area contributed by atoms with Crippen LogP contribution in [0.3, 0.4) is 0 Å². The Morgan fingerprint density at radius 2 is 1.67 bits per heavy atom. The number of rotatable bonds is 13. The minimum atomic E-state index is -3.55. The van der Waals surface area contributed by atoms with Gasteiger partial charge in [-0.3, -0.25) is 10.0 Å². The molecule has 6 nitrogen and oxygen atoms in total. The quantitative estimate of drug-likeness (QED) is 0.418. The fraction of sp³-hybridized carbons (Fsp3) is 0.647. The van der Waals surface area contributed by atoms with Crippen molar-refractivity contribution in [3.05, 3.63) is 29.8 Å². The van der Waals surface area contributed by atoms with Crippen LogP contribution in [-0.2, 0) is 14.9 Å². The number of aryl methyl sites for hydroxylation is 1. The molecule has 0 unspecified atom stereocenters. The van der Waals surface area contributed by atoms with Crippen LogP contribution in [0, 0.1) is 6.92 Å². The number of nitrogens with zero attached hydrogens (tertiary/aromatic N) is 1. The van der Waals surface area contributed by atoms with Gasteiger partial charge >= 0.3 is 0 Å². The van der Waals surface area contributed by atoms with Gasteiger partial charge in [0.25, 0.3) is 0 Å². The third-order valence-corrected chi connectivity index (χ3v) is 5.84. The highest BCUT2D eigenvalue weighted by Crippen LogP contribution is 2.17. The zero-order valence-corrected chi connectivity index (χ0v) is 15.5. The van der Waals surface area contributed by atoms with Crippen LogP contribution in [0.2, 0.25) is 0 Å². The SMILES string of the molecule is CCCCCCCCN(CCONO)S(=O)(=O)c1ccc(C)cc1. The third kappa shape index (κ3) is 7.27. The predicted molar refractivity (Wildman–Crippen MR) is 94.2 cm³/mol. The molecule has 0 radical (unpaired) electrons. The van der Waals surface area contributed by atoms with Crippen molar-refractivity contribution in [2.75, 3.05) is 19.7 Å². The van der Waals surface area contributed by atoms with Crippen molar-refractivity contribution in [3.63, 3.8) is 0 Å². The van der Waals surface area contributed by atoms with Gasteiger partial charge in [-0.2, -0.15) is 4.31 Å². The molecule has 1 aromatic carbocycles. The van der Waals surface area contributed by atoms with Gasteiger partial charge in [0.15, 0.2) is 0 Å². The summed E-state index contributed by atoms with van der Waals surface area (Å²) in [7, 11) is -3.55. The van der Waals surface area contributed by atoms with E-state index in [1.807, 2.05) is 6.92 Å². The molecule has 0 heterocycles. The maximum absolute atomic E-state index is 12.8. The first-order valence-corrected chi connectivity index (χ1v) is 10.0. The number of hydrogen-bond donors (Lipinski definition) is 2.